The van der Waals surface area contributed by atoms with Gasteiger partial charge in [0.2, 0.25) is 0 Å². The molecule has 0 radical (unpaired) electrons. The molecule has 1 heterocycles. The van der Waals surface area contributed by atoms with Crippen LogP contribution in [-0.2, 0) is 6.42 Å². The van der Waals surface area contributed by atoms with Crippen LogP contribution in [-0.4, -0.2) is 22.6 Å². The van der Waals surface area contributed by atoms with Gasteiger partial charge in [0.05, 0.1) is 26.6 Å². The lowest BCUT2D eigenvalue weighted by Crippen LogP contribution is -2.28. The summed E-state index contributed by atoms with van der Waals surface area (Å²) in [6.07, 6.45) is 0.239. The Hall–Kier alpha value is -3.02. The van der Waals surface area contributed by atoms with E-state index in [1.807, 2.05) is 0 Å². The van der Waals surface area contributed by atoms with Crippen LogP contribution in [0.4, 0.5) is 4.79 Å². The minimum absolute atomic E-state index is 0.414. The fourth-order valence-corrected chi connectivity index (χ4v) is 3.98. The number of nitrogens with zero attached hydrogens (tertiary/aromatic N) is 1. The monoisotopic (exact) mass is 453 g/mol. The van der Waals surface area contributed by atoms with E-state index in [1.54, 1.807) is 36.4 Å². The molecule has 7 heteroatoms. The number of rotatable bonds is 5. The van der Waals surface area contributed by atoms with Crippen LogP contribution in [0.5, 0.6) is 5.75 Å². The van der Waals surface area contributed by atoms with Crippen molar-refractivity contribution in [2.24, 2.45) is 0 Å². The summed E-state index contributed by atoms with van der Waals surface area (Å²) in [7, 11) is 0. The van der Waals surface area contributed by atoms with Gasteiger partial charge < -0.3 is 15.0 Å². The highest BCUT2D eigenvalue weighted by atomic mass is 35.5. The van der Waals surface area contributed by atoms with Crippen molar-refractivity contribution in [1.82, 2.24) is 15.3 Å². The highest BCUT2D eigenvalue weighted by Crippen LogP contribution is 2.34. The lowest BCUT2D eigenvalue weighted by atomic mass is 10.0. The highest BCUT2D eigenvalue weighted by molar-refractivity contribution is 6.39. The van der Waals surface area contributed by atoms with E-state index in [-0.39, 0.29) is 0 Å². The van der Waals surface area contributed by atoms with E-state index < -0.39 is 6.09 Å². The van der Waals surface area contributed by atoms with Gasteiger partial charge in [0, 0.05) is 12.6 Å². The van der Waals surface area contributed by atoms with Gasteiger partial charge >= 0.3 is 6.09 Å². The first kappa shape index (κ1) is 21.2. The topological polar surface area (TPSA) is 67.0 Å². The smallest absolute Gasteiger partial charge is 0.410 e. The molecular weight excluding hydrogens is 433 g/mol. The number of hydrogen-bond donors (Lipinski definition) is 2. The van der Waals surface area contributed by atoms with Crippen LogP contribution in [0.15, 0.2) is 54.6 Å². The highest BCUT2D eigenvalue weighted by Gasteiger charge is 2.14. The zero-order valence-electron chi connectivity index (χ0n) is 17.1. The van der Waals surface area contributed by atoms with Gasteiger partial charge in [0.25, 0.3) is 0 Å². The summed E-state index contributed by atoms with van der Waals surface area (Å²) in [5.74, 6) is 0.970. The van der Waals surface area contributed by atoms with Crippen molar-refractivity contribution in [2.45, 2.75) is 20.3 Å². The first-order valence-corrected chi connectivity index (χ1v) is 10.6. The summed E-state index contributed by atoms with van der Waals surface area (Å²) in [5, 5.41) is 3.81. The van der Waals surface area contributed by atoms with E-state index in [0.717, 1.165) is 6.42 Å². The van der Waals surface area contributed by atoms with Crippen molar-refractivity contribution < 1.29 is 9.53 Å². The molecule has 0 spiro atoms. The maximum Gasteiger partial charge on any atom is 0.412 e. The number of amides is 1. The standard InChI is InChI=1S/C24H21Cl2N3O2/c1-14-6-7-15(2)16(12-14)10-11-27-24(30)31-17-8-9-20-21(13-17)29-23(28-20)22-18(25)4-3-5-19(22)26/h3-9,12-13H,10-11H2,1-2H3,(H,27,30)(H,28,29). The summed E-state index contributed by atoms with van der Waals surface area (Å²) >= 11 is 12.6. The minimum Gasteiger partial charge on any atom is -0.410 e. The fraction of sp³-hybridized carbons (Fsp3) is 0.167. The Morgan fingerprint density at radius 3 is 2.61 bits per heavy atom. The van der Waals surface area contributed by atoms with E-state index >= 15 is 0 Å². The Kier molecular flexibility index (Phi) is 6.16. The summed E-state index contributed by atoms with van der Waals surface area (Å²) in [6.45, 7) is 4.61. The van der Waals surface area contributed by atoms with Gasteiger partial charge in [-0.15, -0.1) is 0 Å². The molecule has 158 valence electrons. The number of carbonyl (C=O) groups is 1. The van der Waals surface area contributed by atoms with Gasteiger partial charge in [-0.25, -0.2) is 9.78 Å². The molecule has 0 bridgehead atoms. The number of aromatic nitrogens is 2. The SMILES string of the molecule is Cc1ccc(C)c(CCNC(=O)Oc2ccc3nc(-c4c(Cl)cccc4Cl)[nH]c3c2)c1. The Morgan fingerprint density at radius 2 is 1.84 bits per heavy atom. The zero-order chi connectivity index (χ0) is 22.0. The third-order valence-corrected chi connectivity index (χ3v) is 5.66. The van der Waals surface area contributed by atoms with Crippen LogP contribution in [0.1, 0.15) is 16.7 Å². The first-order valence-electron chi connectivity index (χ1n) is 9.86. The number of ether oxygens (including phenoxy) is 1. The number of benzene rings is 3. The molecule has 3 aromatic carbocycles. The average molecular weight is 454 g/mol. The summed E-state index contributed by atoms with van der Waals surface area (Å²) in [6, 6.07) is 16.8. The van der Waals surface area contributed by atoms with Crippen LogP contribution >= 0.6 is 23.2 Å². The number of aromatic amines is 1. The number of nitrogens with one attached hydrogen (secondary N) is 2. The molecule has 31 heavy (non-hydrogen) atoms. The Morgan fingerprint density at radius 1 is 1.06 bits per heavy atom. The van der Waals surface area contributed by atoms with Crippen molar-refractivity contribution in [3.63, 3.8) is 0 Å². The summed E-state index contributed by atoms with van der Waals surface area (Å²) in [4.78, 5) is 19.9. The van der Waals surface area contributed by atoms with Gasteiger partial charge in [0.15, 0.2) is 0 Å². The van der Waals surface area contributed by atoms with E-state index in [4.69, 9.17) is 27.9 Å². The molecular formula is C24H21Cl2N3O2. The molecule has 0 aliphatic heterocycles. The number of hydrogen-bond acceptors (Lipinski definition) is 3. The first-order chi connectivity index (χ1) is 14.9. The van der Waals surface area contributed by atoms with Gasteiger partial charge in [-0.2, -0.15) is 0 Å². The summed E-state index contributed by atoms with van der Waals surface area (Å²) < 4.78 is 5.43. The van der Waals surface area contributed by atoms with Crippen LogP contribution in [0.3, 0.4) is 0 Å². The number of halogens is 2. The van der Waals surface area contributed by atoms with Crippen molar-refractivity contribution in [3.05, 3.63) is 81.3 Å². The van der Waals surface area contributed by atoms with Gasteiger partial charge in [0.1, 0.15) is 11.6 Å². The number of fused-ring (bicyclic) bond motifs is 1. The number of imidazole rings is 1. The number of aryl methyl sites for hydroxylation is 2. The van der Waals surface area contributed by atoms with Crippen LogP contribution in [0, 0.1) is 13.8 Å². The quantitative estimate of drug-likeness (QED) is 0.363. The molecule has 4 aromatic rings. The molecule has 1 aromatic heterocycles. The third kappa shape index (κ3) is 4.84. The molecule has 0 saturated carbocycles. The maximum atomic E-state index is 12.2. The second-order valence-corrected chi connectivity index (χ2v) is 8.17. The molecule has 4 rings (SSSR count). The molecule has 2 N–H and O–H groups in total. The normalized spacial score (nSPS) is 11.0. The van der Waals surface area contributed by atoms with E-state index in [9.17, 15) is 4.79 Å². The van der Waals surface area contributed by atoms with Crippen molar-refractivity contribution in [1.29, 1.82) is 0 Å². The fourth-order valence-electron chi connectivity index (χ4n) is 3.41. The molecule has 0 fully saturated rings. The van der Waals surface area contributed by atoms with Crippen LogP contribution < -0.4 is 10.1 Å². The largest absolute Gasteiger partial charge is 0.412 e. The van der Waals surface area contributed by atoms with Crippen LogP contribution in [0.2, 0.25) is 10.0 Å². The number of H-pyrrole nitrogens is 1. The Bertz CT molecular complexity index is 1250. The maximum absolute atomic E-state index is 12.2. The molecule has 1 amide bonds. The average Bonchev–Trinajstić information content (AvgIpc) is 3.13. The lowest BCUT2D eigenvalue weighted by molar-refractivity contribution is 0.200. The molecule has 0 aliphatic carbocycles. The van der Waals surface area contributed by atoms with Gasteiger partial charge in [-0.1, -0.05) is 53.0 Å². The lowest BCUT2D eigenvalue weighted by Gasteiger charge is -2.09. The zero-order valence-corrected chi connectivity index (χ0v) is 18.6. The van der Waals surface area contributed by atoms with Gasteiger partial charge in [-0.05, 0) is 55.7 Å². The molecule has 0 aliphatic rings. The summed E-state index contributed by atoms with van der Waals surface area (Å²) in [5.41, 5.74) is 5.69. The van der Waals surface area contributed by atoms with E-state index in [0.29, 0.717) is 44.8 Å². The second kappa shape index (κ2) is 9.00. The third-order valence-electron chi connectivity index (χ3n) is 5.03. The van der Waals surface area contributed by atoms with Crippen molar-refractivity contribution in [2.75, 3.05) is 6.54 Å². The molecule has 5 nitrogen and oxygen atoms in total. The predicted octanol–water partition coefficient (Wildman–Crippen LogP) is 6.48. The molecule has 0 saturated heterocycles. The van der Waals surface area contributed by atoms with Crippen molar-refractivity contribution in [3.8, 4) is 17.1 Å². The van der Waals surface area contributed by atoms with Crippen LogP contribution in [0.25, 0.3) is 22.4 Å². The predicted molar refractivity (Wildman–Crippen MR) is 125 cm³/mol. The van der Waals surface area contributed by atoms with Gasteiger partial charge in [-0.3, -0.25) is 0 Å². The second-order valence-electron chi connectivity index (χ2n) is 7.36. The van der Waals surface area contributed by atoms with E-state index in [1.165, 1.54) is 16.7 Å². The molecule has 0 atom stereocenters. The minimum atomic E-state index is -0.501. The van der Waals surface area contributed by atoms with Crippen molar-refractivity contribution >= 4 is 40.3 Å². The number of carbonyl (C=O) groups excluding carboxylic acids is 1. The Labute approximate surface area is 190 Å². The molecule has 0 unspecified atom stereocenters. The Balaban J connectivity index is 1.43. The van der Waals surface area contributed by atoms with E-state index in [2.05, 4.69) is 47.3 Å².